The number of carbonyl (C=O) groups is 2. The van der Waals surface area contributed by atoms with E-state index in [-0.39, 0.29) is 6.10 Å². The number of carboxylic acid groups (broad SMARTS) is 1. The molecule has 0 aromatic heterocycles. The molecule has 0 heterocycles. The molecule has 5 heteroatoms. The number of hydrogen-bond acceptors (Lipinski definition) is 3. The Labute approximate surface area is 118 Å². The Morgan fingerprint density at radius 2 is 1.95 bits per heavy atom. The maximum Gasteiger partial charge on any atom is 0.326 e. The van der Waals surface area contributed by atoms with Crippen molar-refractivity contribution < 1.29 is 19.4 Å². The second-order valence-electron chi connectivity index (χ2n) is 4.82. The van der Waals surface area contributed by atoms with Gasteiger partial charge in [-0.2, -0.15) is 0 Å². The van der Waals surface area contributed by atoms with Gasteiger partial charge in [-0.25, -0.2) is 4.79 Å². The summed E-state index contributed by atoms with van der Waals surface area (Å²) in [4.78, 5) is 23.3. The topological polar surface area (TPSA) is 75.6 Å². The molecule has 0 bridgehead atoms. The summed E-state index contributed by atoms with van der Waals surface area (Å²) in [5.41, 5.74) is 0.351. The zero-order valence-corrected chi connectivity index (χ0v) is 12.1. The Morgan fingerprint density at radius 1 is 1.30 bits per heavy atom. The van der Waals surface area contributed by atoms with Gasteiger partial charge in [-0.15, -0.1) is 0 Å². The Bertz CT molecular complexity index is 471. The molecule has 20 heavy (non-hydrogen) atoms. The molecule has 5 nitrogen and oxygen atoms in total. The first-order valence-electron chi connectivity index (χ1n) is 6.75. The number of benzene rings is 1. The highest BCUT2D eigenvalue weighted by Crippen LogP contribution is 2.19. The lowest BCUT2D eigenvalue weighted by molar-refractivity contribution is -0.139. The van der Waals surface area contributed by atoms with Crippen molar-refractivity contribution in [1.82, 2.24) is 5.32 Å². The predicted molar refractivity (Wildman–Crippen MR) is 76.0 cm³/mol. The van der Waals surface area contributed by atoms with E-state index in [1.54, 1.807) is 24.3 Å². The number of nitrogens with one attached hydrogen (secondary N) is 1. The third-order valence-electron chi connectivity index (χ3n) is 2.68. The van der Waals surface area contributed by atoms with Gasteiger partial charge in [0.1, 0.15) is 11.8 Å². The molecule has 0 fully saturated rings. The monoisotopic (exact) mass is 279 g/mol. The molecular formula is C15H21NO4. The standard InChI is InChI=1S/C15H21NO4/c1-4-7-12(15(18)19)16-14(17)11-8-5-6-9-13(11)20-10(2)3/h5-6,8-10,12H,4,7H2,1-3H3,(H,16,17)(H,18,19). The summed E-state index contributed by atoms with van der Waals surface area (Å²) >= 11 is 0. The van der Waals surface area contributed by atoms with Crippen molar-refractivity contribution >= 4 is 11.9 Å². The van der Waals surface area contributed by atoms with E-state index >= 15 is 0 Å². The van der Waals surface area contributed by atoms with Gasteiger partial charge in [-0.3, -0.25) is 4.79 Å². The number of aliphatic carboxylic acids is 1. The number of carbonyl (C=O) groups excluding carboxylic acids is 1. The molecule has 0 saturated carbocycles. The molecule has 1 rings (SSSR count). The Balaban J connectivity index is 2.88. The van der Waals surface area contributed by atoms with Crippen molar-refractivity contribution in [1.29, 1.82) is 0 Å². The summed E-state index contributed by atoms with van der Waals surface area (Å²) in [5, 5.41) is 11.6. The molecule has 0 radical (unpaired) electrons. The SMILES string of the molecule is CCCC(NC(=O)c1ccccc1OC(C)C)C(=O)O. The van der Waals surface area contributed by atoms with Crippen LogP contribution in [0.25, 0.3) is 0 Å². The second-order valence-corrected chi connectivity index (χ2v) is 4.82. The van der Waals surface area contributed by atoms with Crippen LogP contribution in [-0.4, -0.2) is 29.1 Å². The molecule has 1 amide bonds. The van der Waals surface area contributed by atoms with Crippen LogP contribution in [0.2, 0.25) is 0 Å². The number of rotatable bonds is 7. The van der Waals surface area contributed by atoms with Crippen molar-refractivity contribution in [2.24, 2.45) is 0 Å². The van der Waals surface area contributed by atoms with Gasteiger partial charge in [0.25, 0.3) is 5.91 Å². The van der Waals surface area contributed by atoms with Gasteiger partial charge in [0, 0.05) is 0 Å². The summed E-state index contributed by atoms with van der Waals surface area (Å²) < 4.78 is 5.56. The third-order valence-corrected chi connectivity index (χ3v) is 2.68. The molecule has 1 aromatic rings. The second kappa shape index (κ2) is 7.53. The van der Waals surface area contributed by atoms with E-state index in [1.165, 1.54) is 0 Å². The van der Waals surface area contributed by atoms with Gasteiger partial charge < -0.3 is 15.2 Å². The minimum absolute atomic E-state index is 0.0603. The zero-order chi connectivity index (χ0) is 15.1. The highest BCUT2D eigenvalue weighted by Gasteiger charge is 2.21. The van der Waals surface area contributed by atoms with Crippen LogP contribution in [0.5, 0.6) is 5.75 Å². The lowest BCUT2D eigenvalue weighted by Crippen LogP contribution is -2.40. The quantitative estimate of drug-likeness (QED) is 0.804. The maximum absolute atomic E-state index is 12.2. The normalized spacial score (nSPS) is 12.0. The number of amides is 1. The lowest BCUT2D eigenvalue weighted by atomic mass is 10.1. The first kappa shape index (κ1) is 16.0. The summed E-state index contributed by atoms with van der Waals surface area (Å²) in [6, 6.07) is 5.94. The molecule has 0 aliphatic rings. The van der Waals surface area contributed by atoms with Gasteiger partial charge in [0.15, 0.2) is 0 Å². The van der Waals surface area contributed by atoms with Crippen LogP contribution in [-0.2, 0) is 4.79 Å². The van der Waals surface area contributed by atoms with Crippen LogP contribution in [0.1, 0.15) is 44.0 Å². The van der Waals surface area contributed by atoms with E-state index in [2.05, 4.69) is 5.32 Å². The fraction of sp³-hybridized carbons (Fsp3) is 0.467. The molecule has 2 N–H and O–H groups in total. The summed E-state index contributed by atoms with van der Waals surface area (Å²) in [6.45, 7) is 5.61. The van der Waals surface area contributed by atoms with E-state index in [0.717, 1.165) is 0 Å². The predicted octanol–water partition coefficient (Wildman–Crippen LogP) is 2.46. The number of hydrogen-bond donors (Lipinski definition) is 2. The number of ether oxygens (including phenoxy) is 1. The molecule has 0 aliphatic heterocycles. The minimum atomic E-state index is -1.03. The van der Waals surface area contributed by atoms with E-state index in [4.69, 9.17) is 9.84 Å². The van der Waals surface area contributed by atoms with Gasteiger partial charge in [-0.1, -0.05) is 25.5 Å². The van der Waals surface area contributed by atoms with Crippen molar-refractivity contribution in [2.45, 2.75) is 45.8 Å². The van der Waals surface area contributed by atoms with Crippen molar-refractivity contribution in [3.8, 4) is 5.75 Å². The van der Waals surface area contributed by atoms with Crippen LogP contribution in [0, 0.1) is 0 Å². The summed E-state index contributed by atoms with van der Waals surface area (Å²) in [7, 11) is 0. The molecule has 0 aliphatic carbocycles. The molecule has 1 unspecified atom stereocenters. The van der Waals surface area contributed by atoms with Gasteiger partial charge >= 0.3 is 5.97 Å². The van der Waals surface area contributed by atoms with E-state index in [1.807, 2.05) is 20.8 Å². The smallest absolute Gasteiger partial charge is 0.326 e. The summed E-state index contributed by atoms with van der Waals surface area (Å²) in [5.74, 6) is -0.995. The van der Waals surface area contributed by atoms with Crippen molar-refractivity contribution in [3.05, 3.63) is 29.8 Å². The fourth-order valence-corrected chi connectivity index (χ4v) is 1.79. The van der Waals surface area contributed by atoms with Crippen LogP contribution in [0.15, 0.2) is 24.3 Å². The molecule has 110 valence electrons. The first-order chi connectivity index (χ1) is 9.45. The molecule has 1 atom stereocenters. The van der Waals surface area contributed by atoms with Gasteiger partial charge in [-0.05, 0) is 32.4 Å². The molecule has 1 aromatic carbocycles. The molecular weight excluding hydrogens is 258 g/mol. The van der Waals surface area contributed by atoms with Crippen LogP contribution in [0.3, 0.4) is 0 Å². The fourth-order valence-electron chi connectivity index (χ4n) is 1.79. The van der Waals surface area contributed by atoms with Gasteiger partial charge in [0.05, 0.1) is 11.7 Å². The highest BCUT2D eigenvalue weighted by atomic mass is 16.5. The van der Waals surface area contributed by atoms with Crippen LogP contribution >= 0.6 is 0 Å². The Hall–Kier alpha value is -2.04. The van der Waals surface area contributed by atoms with Crippen molar-refractivity contribution in [3.63, 3.8) is 0 Å². The average Bonchev–Trinajstić information content (AvgIpc) is 2.37. The average molecular weight is 279 g/mol. The Kier molecular flexibility index (Phi) is 6.03. The van der Waals surface area contributed by atoms with Crippen molar-refractivity contribution in [2.75, 3.05) is 0 Å². The zero-order valence-electron chi connectivity index (χ0n) is 12.1. The maximum atomic E-state index is 12.2. The molecule has 0 saturated heterocycles. The summed E-state index contributed by atoms with van der Waals surface area (Å²) in [6.07, 6.45) is 1.02. The molecule has 0 spiro atoms. The number of carboxylic acids is 1. The third kappa shape index (κ3) is 4.57. The van der Waals surface area contributed by atoms with E-state index in [9.17, 15) is 9.59 Å². The largest absolute Gasteiger partial charge is 0.490 e. The Morgan fingerprint density at radius 3 is 2.50 bits per heavy atom. The van der Waals surface area contributed by atoms with E-state index in [0.29, 0.717) is 24.2 Å². The van der Waals surface area contributed by atoms with Gasteiger partial charge in [0.2, 0.25) is 0 Å². The van der Waals surface area contributed by atoms with Crippen LogP contribution in [0.4, 0.5) is 0 Å². The first-order valence-corrected chi connectivity index (χ1v) is 6.75. The number of para-hydroxylation sites is 1. The minimum Gasteiger partial charge on any atom is -0.490 e. The van der Waals surface area contributed by atoms with E-state index < -0.39 is 17.9 Å². The highest BCUT2D eigenvalue weighted by molar-refractivity contribution is 5.98. The lowest BCUT2D eigenvalue weighted by Gasteiger charge is -2.17. The van der Waals surface area contributed by atoms with Crippen LogP contribution < -0.4 is 10.1 Å².